The molecular weight excluding hydrogens is 128 g/mol. The van der Waals surface area contributed by atoms with E-state index in [2.05, 4.69) is 0 Å². The van der Waals surface area contributed by atoms with Gasteiger partial charge in [0.2, 0.25) is 0 Å². The van der Waals surface area contributed by atoms with Crippen LogP contribution in [-0.2, 0) is 20.4 Å². The Bertz CT molecular complexity index is 31.1. The van der Waals surface area contributed by atoms with E-state index in [9.17, 15) is 0 Å². The van der Waals surface area contributed by atoms with Crippen LogP contribution in [0, 0.1) is 9.64 Å². The Hall–Kier alpha value is 1.27. The molecule has 0 fully saturated rings. The molecule has 0 saturated heterocycles. The van der Waals surface area contributed by atoms with Gasteiger partial charge in [0.1, 0.15) is 0 Å². The van der Waals surface area contributed by atoms with Crippen molar-refractivity contribution in [2.24, 2.45) is 0 Å². The van der Waals surface area contributed by atoms with Gasteiger partial charge in [0.15, 0.2) is 34.7 Å². The molecule has 0 amide bonds. The molecule has 0 atom stereocenters. The minimum atomic E-state index is 0. The monoisotopic (exact) mass is 134 g/mol. The SMILES string of the molecule is N#[C][Ti].[AlH3].[AlH3]. The van der Waals surface area contributed by atoms with Crippen LogP contribution < -0.4 is 0 Å². The first-order valence-corrected chi connectivity index (χ1v) is 1.25. The molecule has 1 nitrogen and oxygen atoms in total. The predicted octanol–water partition coefficient (Wildman–Crippen LogP) is -2.35. The molecule has 0 aromatic carbocycles. The minimum absolute atomic E-state index is 0. The smallest absolute Gasteiger partial charge is 0.187 e. The molecule has 0 bridgehead atoms. The zero-order chi connectivity index (χ0) is 2.71. The van der Waals surface area contributed by atoms with Gasteiger partial charge in [0, 0.05) is 0 Å². The van der Waals surface area contributed by atoms with Gasteiger partial charge in [-0.1, -0.05) is 0 Å². The summed E-state index contributed by atoms with van der Waals surface area (Å²) in [7, 11) is 0. The summed E-state index contributed by atoms with van der Waals surface area (Å²) in [4.78, 5) is 0. The zero-order valence-electron chi connectivity index (χ0n) is 1.45. The second-order valence-electron chi connectivity index (χ2n) is 0.112. The summed E-state index contributed by atoms with van der Waals surface area (Å²) in [6.07, 6.45) is 0. The van der Waals surface area contributed by atoms with Crippen molar-refractivity contribution in [3.8, 4) is 4.37 Å². The number of hydrogen-bond donors (Lipinski definition) is 0. The van der Waals surface area contributed by atoms with Crippen LogP contribution in [0.15, 0.2) is 0 Å². The van der Waals surface area contributed by atoms with E-state index >= 15 is 0 Å². The molecule has 0 saturated carbocycles. The molecule has 0 heterocycles. The second kappa shape index (κ2) is 18.7. The van der Waals surface area contributed by atoms with Crippen LogP contribution in [0.3, 0.4) is 0 Å². The molecule has 0 aliphatic rings. The fourth-order valence-corrected chi connectivity index (χ4v) is 0. The van der Waals surface area contributed by atoms with Crippen LogP contribution >= 0.6 is 0 Å². The molecule has 0 aromatic rings. The van der Waals surface area contributed by atoms with Gasteiger partial charge in [0.05, 0.1) is 0 Å². The Kier molecular flexibility index (Phi) is 60.7. The van der Waals surface area contributed by atoms with E-state index in [0.717, 1.165) is 0 Å². The van der Waals surface area contributed by atoms with Crippen molar-refractivity contribution in [2.75, 3.05) is 0 Å². The van der Waals surface area contributed by atoms with Crippen LogP contribution in [-0.4, -0.2) is 34.7 Å². The molecule has 0 aromatic heterocycles. The average molecular weight is 134 g/mol. The number of hydrogen-bond acceptors (Lipinski definition) is 1. The molecule has 5 heavy (non-hydrogen) atoms. The Labute approximate surface area is 64.4 Å². The normalized spacial score (nSPS) is 1.20. The summed E-state index contributed by atoms with van der Waals surface area (Å²) in [5, 5.41) is 7.32. The van der Waals surface area contributed by atoms with Gasteiger partial charge < -0.3 is 0 Å². The predicted molar refractivity (Wildman–Crippen MR) is 25.5 cm³/mol. The van der Waals surface area contributed by atoms with Gasteiger partial charge in [-0.3, -0.25) is 0 Å². The van der Waals surface area contributed by atoms with E-state index in [4.69, 9.17) is 5.26 Å². The Morgan fingerprint density at radius 1 is 1.40 bits per heavy atom. The summed E-state index contributed by atoms with van der Waals surface area (Å²) in [6.45, 7) is 0. The van der Waals surface area contributed by atoms with Gasteiger partial charge >= 0.3 is 30.1 Å². The van der Waals surface area contributed by atoms with Crippen molar-refractivity contribution in [3.05, 3.63) is 0 Å². The Morgan fingerprint density at radius 2 is 1.40 bits per heavy atom. The first-order chi connectivity index (χ1) is 1.41. The average Bonchev–Trinajstić information content (AvgIpc) is 0.918. The van der Waals surface area contributed by atoms with Gasteiger partial charge in [-0.25, -0.2) is 0 Å². The van der Waals surface area contributed by atoms with Crippen molar-refractivity contribution in [3.63, 3.8) is 0 Å². The summed E-state index contributed by atoms with van der Waals surface area (Å²) in [6, 6.07) is 0. The minimum Gasteiger partial charge on any atom is 0.187 e. The molecule has 0 aliphatic heterocycles. The Balaban J connectivity index is -0.0000000200. The van der Waals surface area contributed by atoms with Crippen molar-refractivity contribution < 1.29 is 20.4 Å². The fourth-order valence-electron chi connectivity index (χ4n) is 0. The third-order valence-electron chi connectivity index (χ3n) is 0. The van der Waals surface area contributed by atoms with Crippen molar-refractivity contribution in [1.82, 2.24) is 0 Å². The van der Waals surface area contributed by atoms with Crippen LogP contribution in [0.2, 0.25) is 0 Å². The topological polar surface area (TPSA) is 23.8 Å². The molecular formula is CH6Al2NTi. The van der Waals surface area contributed by atoms with E-state index in [1.807, 2.05) is 0 Å². The van der Waals surface area contributed by atoms with Crippen LogP contribution in [0.4, 0.5) is 0 Å². The third kappa shape index (κ3) is 35.0. The van der Waals surface area contributed by atoms with Gasteiger partial charge in [-0.05, 0) is 0 Å². The number of rotatable bonds is 0. The molecule has 0 aliphatic carbocycles. The van der Waals surface area contributed by atoms with E-state index < -0.39 is 0 Å². The molecule has 0 rings (SSSR count). The summed E-state index contributed by atoms with van der Waals surface area (Å²) in [5.74, 6) is 0. The fraction of sp³-hybridized carbons (Fsp3) is 0. The van der Waals surface area contributed by atoms with E-state index in [0.29, 0.717) is 0 Å². The van der Waals surface area contributed by atoms with Gasteiger partial charge in [-0.15, -0.1) is 0 Å². The van der Waals surface area contributed by atoms with Gasteiger partial charge in [0.25, 0.3) is 0 Å². The summed E-state index contributed by atoms with van der Waals surface area (Å²) >= 11 is 1.43. The van der Waals surface area contributed by atoms with Crippen molar-refractivity contribution in [1.29, 1.82) is 5.26 Å². The maximum atomic E-state index is 7.32. The standard InChI is InChI=1S/CN.2Al.Ti.6H/c1-2;;;;;;;;;. The van der Waals surface area contributed by atoms with E-state index in [-0.39, 0.29) is 34.7 Å². The molecule has 25 valence electrons. The van der Waals surface area contributed by atoms with Gasteiger partial charge in [-0.2, -0.15) is 0 Å². The first kappa shape index (κ1) is 16.3. The van der Waals surface area contributed by atoms with Crippen LogP contribution in [0.1, 0.15) is 0 Å². The quantitative estimate of drug-likeness (QED) is 0.340. The third-order valence-corrected chi connectivity index (χ3v) is 0. The molecule has 0 spiro atoms. The summed E-state index contributed by atoms with van der Waals surface area (Å²) in [5.41, 5.74) is 0. The van der Waals surface area contributed by atoms with E-state index in [1.165, 1.54) is 20.4 Å². The van der Waals surface area contributed by atoms with Crippen molar-refractivity contribution in [2.45, 2.75) is 0 Å². The zero-order valence-corrected chi connectivity index (χ0v) is 3.01. The Morgan fingerprint density at radius 3 is 1.40 bits per heavy atom. The van der Waals surface area contributed by atoms with E-state index in [1.54, 1.807) is 4.37 Å². The summed E-state index contributed by atoms with van der Waals surface area (Å²) < 4.78 is 1.75. The number of nitriles is 1. The maximum absolute atomic E-state index is 7.32. The largest absolute Gasteiger partial charge is 0.187 e. The van der Waals surface area contributed by atoms with Crippen molar-refractivity contribution >= 4 is 34.7 Å². The van der Waals surface area contributed by atoms with Crippen LogP contribution in [0.5, 0.6) is 0 Å². The molecule has 0 unspecified atom stereocenters. The first-order valence-electron chi connectivity index (χ1n) is 0.474. The maximum Gasteiger partial charge on any atom is 0.187 e. The van der Waals surface area contributed by atoms with Crippen LogP contribution in [0.25, 0.3) is 0 Å². The molecule has 0 N–H and O–H groups in total. The molecule has 4 heteroatoms. The molecule has 0 radical (unpaired) electrons. The number of nitrogens with zero attached hydrogens (tertiary/aromatic N) is 1. The second-order valence-corrected chi connectivity index (χ2v) is 0.461.